The third kappa shape index (κ3) is 4.11. The summed E-state index contributed by atoms with van der Waals surface area (Å²) in [5.74, 6) is 0.797. The minimum atomic E-state index is -0.317. The number of para-hydroxylation sites is 2. The van der Waals surface area contributed by atoms with Crippen molar-refractivity contribution in [2.75, 3.05) is 11.9 Å². The molecule has 7 heteroatoms. The predicted molar refractivity (Wildman–Crippen MR) is 120 cm³/mol. The fourth-order valence-corrected chi connectivity index (χ4v) is 4.64. The average Bonchev–Trinajstić information content (AvgIpc) is 3.43. The van der Waals surface area contributed by atoms with Gasteiger partial charge in [-0.25, -0.2) is 0 Å². The van der Waals surface area contributed by atoms with E-state index in [1.807, 2.05) is 89.7 Å². The van der Waals surface area contributed by atoms with E-state index in [1.165, 1.54) is 11.8 Å². The van der Waals surface area contributed by atoms with Crippen LogP contribution in [0.2, 0.25) is 0 Å². The van der Waals surface area contributed by atoms with Crippen molar-refractivity contribution in [3.8, 4) is 16.4 Å². The van der Waals surface area contributed by atoms with Gasteiger partial charge >= 0.3 is 0 Å². The molecular weight excluding hydrogens is 400 g/mol. The van der Waals surface area contributed by atoms with Gasteiger partial charge in [0.15, 0.2) is 11.0 Å². The summed E-state index contributed by atoms with van der Waals surface area (Å²) in [5, 5.41) is 11.2. The molecule has 1 atom stereocenters. The lowest BCUT2D eigenvalue weighted by molar-refractivity contribution is -0.117. The van der Waals surface area contributed by atoms with Crippen LogP contribution < -0.4 is 4.90 Å². The van der Waals surface area contributed by atoms with Crippen molar-refractivity contribution in [2.45, 2.75) is 17.3 Å². The number of nitrogens with zero attached hydrogens (tertiary/aromatic N) is 4. The van der Waals surface area contributed by atoms with Crippen LogP contribution in [0.25, 0.3) is 16.4 Å². The number of thioether (sulfide) groups is 1. The maximum atomic E-state index is 13.0. The summed E-state index contributed by atoms with van der Waals surface area (Å²) < 4.78 is 2.02. The Morgan fingerprint density at radius 1 is 1.00 bits per heavy atom. The quantitative estimate of drug-likeness (QED) is 0.405. The summed E-state index contributed by atoms with van der Waals surface area (Å²) in [5.41, 5.74) is 1.84. The molecule has 0 aliphatic rings. The SMILES string of the molecule is C[C@H](Sc1nnc(-c2cccs2)n1-c1ccccc1)C(=O)N(C)c1ccccc1. The van der Waals surface area contributed by atoms with Crippen LogP contribution in [-0.2, 0) is 4.79 Å². The number of thiophene rings is 1. The smallest absolute Gasteiger partial charge is 0.240 e. The van der Waals surface area contributed by atoms with Crippen LogP contribution in [0.4, 0.5) is 5.69 Å². The molecule has 29 heavy (non-hydrogen) atoms. The van der Waals surface area contributed by atoms with Gasteiger partial charge in [0.05, 0.1) is 10.1 Å². The van der Waals surface area contributed by atoms with Crippen LogP contribution >= 0.6 is 23.1 Å². The molecule has 1 amide bonds. The van der Waals surface area contributed by atoms with Crippen molar-refractivity contribution in [1.82, 2.24) is 14.8 Å². The lowest BCUT2D eigenvalue weighted by Gasteiger charge is -2.21. The van der Waals surface area contributed by atoms with Crippen molar-refractivity contribution in [3.05, 3.63) is 78.2 Å². The third-order valence-corrected chi connectivity index (χ3v) is 6.39. The van der Waals surface area contributed by atoms with Crippen LogP contribution in [0.5, 0.6) is 0 Å². The molecule has 2 aromatic carbocycles. The molecule has 4 aromatic rings. The van der Waals surface area contributed by atoms with Crippen molar-refractivity contribution in [1.29, 1.82) is 0 Å². The summed E-state index contributed by atoms with van der Waals surface area (Å²) in [6.45, 7) is 1.90. The number of benzene rings is 2. The normalized spacial score (nSPS) is 11.9. The third-order valence-electron chi connectivity index (χ3n) is 4.49. The van der Waals surface area contributed by atoms with E-state index in [9.17, 15) is 4.79 Å². The fourth-order valence-electron chi connectivity index (χ4n) is 2.98. The molecule has 0 radical (unpaired) electrons. The highest BCUT2D eigenvalue weighted by Gasteiger charge is 2.24. The van der Waals surface area contributed by atoms with E-state index in [1.54, 1.807) is 23.3 Å². The standard InChI is InChI=1S/C22H20N4OS2/c1-16(21(27)25(2)17-10-5-3-6-11-17)29-22-24-23-20(19-14-9-15-28-19)26(22)18-12-7-4-8-13-18/h3-16H,1-2H3/t16-/m0/s1. The number of hydrogen-bond donors (Lipinski definition) is 0. The average molecular weight is 421 g/mol. The number of carbonyl (C=O) groups is 1. The molecular formula is C22H20N4OS2. The number of hydrogen-bond acceptors (Lipinski definition) is 5. The zero-order valence-corrected chi connectivity index (χ0v) is 17.7. The molecule has 0 aliphatic heterocycles. The molecule has 146 valence electrons. The second kappa shape index (κ2) is 8.63. The molecule has 2 aromatic heterocycles. The number of anilines is 1. The maximum absolute atomic E-state index is 13.0. The molecule has 0 bridgehead atoms. The van der Waals surface area contributed by atoms with Crippen molar-refractivity contribution in [3.63, 3.8) is 0 Å². The summed E-state index contributed by atoms with van der Waals surface area (Å²) in [6.07, 6.45) is 0. The van der Waals surface area contributed by atoms with Crippen LogP contribution in [0, 0.1) is 0 Å². The van der Waals surface area contributed by atoms with Crippen molar-refractivity contribution < 1.29 is 4.79 Å². The fraction of sp³-hybridized carbons (Fsp3) is 0.136. The van der Waals surface area contributed by atoms with E-state index in [-0.39, 0.29) is 11.2 Å². The monoisotopic (exact) mass is 420 g/mol. The Bertz CT molecular complexity index is 1080. The van der Waals surface area contributed by atoms with Gasteiger partial charge in [-0.2, -0.15) is 0 Å². The second-order valence-electron chi connectivity index (χ2n) is 6.45. The first kappa shape index (κ1) is 19.4. The van der Waals surface area contributed by atoms with Gasteiger partial charge in [0.25, 0.3) is 0 Å². The van der Waals surface area contributed by atoms with Crippen LogP contribution in [0.3, 0.4) is 0 Å². The molecule has 0 aliphatic carbocycles. The molecule has 0 N–H and O–H groups in total. The minimum absolute atomic E-state index is 0.0153. The molecule has 0 unspecified atom stereocenters. The highest BCUT2D eigenvalue weighted by Crippen LogP contribution is 2.32. The van der Waals surface area contributed by atoms with Gasteiger partial charge < -0.3 is 4.90 Å². The van der Waals surface area contributed by atoms with E-state index in [2.05, 4.69) is 10.2 Å². The Morgan fingerprint density at radius 2 is 1.69 bits per heavy atom. The number of rotatable bonds is 6. The summed E-state index contributed by atoms with van der Waals surface area (Å²) in [6, 6.07) is 23.7. The van der Waals surface area contributed by atoms with E-state index in [4.69, 9.17) is 0 Å². The number of carbonyl (C=O) groups excluding carboxylic acids is 1. The Morgan fingerprint density at radius 3 is 2.34 bits per heavy atom. The molecule has 0 spiro atoms. The zero-order valence-electron chi connectivity index (χ0n) is 16.1. The van der Waals surface area contributed by atoms with Crippen molar-refractivity contribution >= 4 is 34.7 Å². The van der Waals surface area contributed by atoms with Gasteiger partial charge in [0.2, 0.25) is 5.91 Å². The first-order chi connectivity index (χ1) is 14.1. The van der Waals surface area contributed by atoms with E-state index >= 15 is 0 Å². The summed E-state index contributed by atoms with van der Waals surface area (Å²) in [4.78, 5) is 15.7. The van der Waals surface area contributed by atoms with E-state index in [0.717, 1.165) is 22.1 Å². The summed E-state index contributed by atoms with van der Waals surface area (Å²) >= 11 is 3.03. The van der Waals surface area contributed by atoms with Gasteiger partial charge in [-0.3, -0.25) is 9.36 Å². The second-order valence-corrected chi connectivity index (χ2v) is 8.70. The lowest BCUT2D eigenvalue weighted by Crippen LogP contribution is -2.33. The summed E-state index contributed by atoms with van der Waals surface area (Å²) in [7, 11) is 1.80. The van der Waals surface area contributed by atoms with Crippen LogP contribution in [0.15, 0.2) is 83.3 Å². The van der Waals surface area contributed by atoms with Gasteiger partial charge in [0, 0.05) is 18.4 Å². The zero-order chi connectivity index (χ0) is 20.2. The predicted octanol–water partition coefficient (Wildman–Crippen LogP) is 5.14. The Kier molecular flexibility index (Phi) is 5.78. The molecule has 2 heterocycles. The number of aromatic nitrogens is 3. The largest absolute Gasteiger partial charge is 0.315 e. The van der Waals surface area contributed by atoms with Crippen LogP contribution in [0.1, 0.15) is 6.92 Å². The number of amides is 1. The lowest BCUT2D eigenvalue weighted by atomic mass is 10.3. The molecule has 4 rings (SSSR count). The first-order valence-electron chi connectivity index (χ1n) is 9.19. The Labute approximate surface area is 178 Å². The van der Waals surface area contributed by atoms with Gasteiger partial charge in [0.1, 0.15) is 0 Å². The molecule has 0 fully saturated rings. The maximum Gasteiger partial charge on any atom is 0.240 e. The highest BCUT2D eigenvalue weighted by atomic mass is 32.2. The van der Waals surface area contributed by atoms with E-state index in [0.29, 0.717) is 5.16 Å². The highest BCUT2D eigenvalue weighted by molar-refractivity contribution is 8.00. The van der Waals surface area contributed by atoms with Crippen molar-refractivity contribution in [2.24, 2.45) is 0 Å². The molecule has 0 saturated carbocycles. The van der Waals surface area contributed by atoms with Gasteiger partial charge in [-0.05, 0) is 42.6 Å². The Hall–Kier alpha value is -2.90. The van der Waals surface area contributed by atoms with E-state index < -0.39 is 0 Å². The molecule has 0 saturated heterocycles. The Balaban J connectivity index is 1.64. The topological polar surface area (TPSA) is 51.0 Å². The van der Waals surface area contributed by atoms with Gasteiger partial charge in [-0.1, -0.05) is 54.2 Å². The molecule has 5 nitrogen and oxygen atoms in total. The van der Waals surface area contributed by atoms with Gasteiger partial charge in [-0.15, -0.1) is 21.5 Å². The van der Waals surface area contributed by atoms with Crippen LogP contribution in [-0.4, -0.2) is 33.0 Å². The first-order valence-corrected chi connectivity index (χ1v) is 10.9. The minimum Gasteiger partial charge on any atom is -0.315 e.